The number of anilines is 2. The van der Waals surface area contributed by atoms with Gasteiger partial charge in [-0.05, 0) is 36.6 Å². The first-order chi connectivity index (χ1) is 15.2. The highest BCUT2D eigenvalue weighted by Crippen LogP contribution is 2.28. The fourth-order valence-corrected chi connectivity index (χ4v) is 4.09. The standard InChI is InChI=1S/C25H29N3O3/c29-24(11-10-20-6-2-1-3-7-20)28-14-12-21(13-15-28)25(30)26-22-8-4-5-9-23(22)27-16-18-31-19-17-27/h1-11,21H,12-19H2,(H,26,30). The molecule has 2 aromatic carbocycles. The van der Waals surface area contributed by atoms with Gasteiger partial charge in [-0.15, -0.1) is 0 Å². The number of likely N-dealkylation sites (tertiary alicyclic amines) is 1. The summed E-state index contributed by atoms with van der Waals surface area (Å²) in [6.45, 7) is 4.25. The number of piperidine rings is 1. The Labute approximate surface area is 183 Å². The van der Waals surface area contributed by atoms with Crippen LogP contribution >= 0.6 is 0 Å². The summed E-state index contributed by atoms with van der Waals surface area (Å²) in [6, 6.07) is 17.7. The molecule has 1 N–H and O–H groups in total. The van der Waals surface area contributed by atoms with Crippen molar-refractivity contribution in [2.24, 2.45) is 5.92 Å². The van der Waals surface area contributed by atoms with E-state index in [1.807, 2.05) is 65.6 Å². The van der Waals surface area contributed by atoms with Crippen LogP contribution in [0, 0.1) is 5.92 Å². The largest absolute Gasteiger partial charge is 0.378 e. The molecule has 0 bridgehead atoms. The second-order valence-electron chi connectivity index (χ2n) is 7.95. The maximum atomic E-state index is 12.9. The second kappa shape index (κ2) is 10.3. The van der Waals surface area contributed by atoms with Crippen LogP contribution in [0.15, 0.2) is 60.7 Å². The normalized spacial score (nSPS) is 17.7. The summed E-state index contributed by atoms with van der Waals surface area (Å²) in [4.78, 5) is 29.5. The van der Waals surface area contributed by atoms with Gasteiger partial charge in [0.2, 0.25) is 11.8 Å². The van der Waals surface area contributed by atoms with Crippen LogP contribution in [0.2, 0.25) is 0 Å². The Morgan fingerprint density at radius 2 is 1.58 bits per heavy atom. The summed E-state index contributed by atoms with van der Waals surface area (Å²) in [6.07, 6.45) is 4.81. The van der Waals surface area contributed by atoms with Crippen molar-refractivity contribution < 1.29 is 14.3 Å². The second-order valence-corrected chi connectivity index (χ2v) is 7.95. The first kappa shape index (κ1) is 21.1. The molecule has 2 amide bonds. The molecule has 0 radical (unpaired) electrons. The third kappa shape index (κ3) is 5.52. The number of carbonyl (C=O) groups is 2. The van der Waals surface area contributed by atoms with Crippen molar-refractivity contribution in [2.75, 3.05) is 49.6 Å². The van der Waals surface area contributed by atoms with E-state index in [1.165, 1.54) is 0 Å². The van der Waals surface area contributed by atoms with Crippen molar-refractivity contribution in [2.45, 2.75) is 12.8 Å². The first-order valence-electron chi connectivity index (χ1n) is 11.0. The predicted molar refractivity (Wildman–Crippen MR) is 123 cm³/mol. The van der Waals surface area contributed by atoms with Crippen LogP contribution in [0.5, 0.6) is 0 Å². The van der Waals surface area contributed by atoms with Gasteiger partial charge in [0.15, 0.2) is 0 Å². The molecule has 4 rings (SSSR count). The summed E-state index contributed by atoms with van der Waals surface area (Å²) in [5, 5.41) is 3.13. The summed E-state index contributed by atoms with van der Waals surface area (Å²) in [7, 11) is 0. The minimum atomic E-state index is -0.0834. The van der Waals surface area contributed by atoms with Crippen molar-refractivity contribution >= 4 is 29.3 Å². The third-order valence-corrected chi connectivity index (χ3v) is 5.91. The molecule has 0 spiro atoms. The van der Waals surface area contributed by atoms with Gasteiger partial charge in [0.25, 0.3) is 0 Å². The number of carbonyl (C=O) groups excluding carboxylic acids is 2. The number of morpholine rings is 1. The Morgan fingerprint density at radius 3 is 2.32 bits per heavy atom. The number of hydrogen-bond acceptors (Lipinski definition) is 4. The van der Waals surface area contributed by atoms with Crippen molar-refractivity contribution in [3.63, 3.8) is 0 Å². The van der Waals surface area contributed by atoms with E-state index in [4.69, 9.17) is 4.74 Å². The molecule has 162 valence electrons. The van der Waals surface area contributed by atoms with Crippen LogP contribution in [0.4, 0.5) is 11.4 Å². The Hall–Kier alpha value is -3.12. The zero-order valence-electron chi connectivity index (χ0n) is 17.7. The highest BCUT2D eigenvalue weighted by Gasteiger charge is 2.27. The Balaban J connectivity index is 1.31. The summed E-state index contributed by atoms with van der Waals surface area (Å²) in [5.41, 5.74) is 2.89. The lowest BCUT2D eigenvalue weighted by molar-refractivity contribution is -0.130. The Morgan fingerprint density at radius 1 is 0.903 bits per heavy atom. The SMILES string of the molecule is O=C(Nc1ccccc1N1CCOCC1)C1CCN(C(=O)C=Cc2ccccc2)CC1. The number of rotatable bonds is 5. The topological polar surface area (TPSA) is 61.9 Å². The van der Waals surface area contributed by atoms with Gasteiger partial charge < -0.3 is 19.9 Å². The van der Waals surface area contributed by atoms with Crippen LogP contribution in [0.1, 0.15) is 18.4 Å². The molecular weight excluding hydrogens is 390 g/mol. The molecule has 0 unspecified atom stereocenters. The zero-order valence-corrected chi connectivity index (χ0v) is 17.7. The highest BCUT2D eigenvalue weighted by molar-refractivity contribution is 5.96. The molecule has 0 aromatic heterocycles. The zero-order chi connectivity index (χ0) is 21.5. The summed E-state index contributed by atoms with van der Waals surface area (Å²) >= 11 is 0. The average molecular weight is 420 g/mol. The van der Waals surface area contributed by atoms with Crippen molar-refractivity contribution in [3.8, 4) is 0 Å². The molecule has 2 saturated heterocycles. The average Bonchev–Trinajstić information content (AvgIpc) is 2.84. The van der Waals surface area contributed by atoms with Gasteiger partial charge >= 0.3 is 0 Å². The number of nitrogens with zero attached hydrogens (tertiary/aromatic N) is 2. The van der Waals surface area contributed by atoms with E-state index in [-0.39, 0.29) is 17.7 Å². The molecule has 6 heteroatoms. The maximum Gasteiger partial charge on any atom is 0.246 e. The van der Waals surface area contributed by atoms with E-state index in [0.29, 0.717) is 39.1 Å². The van der Waals surface area contributed by atoms with Crippen LogP contribution < -0.4 is 10.2 Å². The van der Waals surface area contributed by atoms with Crippen LogP contribution in [-0.2, 0) is 14.3 Å². The number of para-hydroxylation sites is 2. The Kier molecular flexibility index (Phi) is 6.99. The van der Waals surface area contributed by atoms with E-state index in [1.54, 1.807) is 6.08 Å². The lowest BCUT2D eigenvalue weighted by Gasteiger charge is -2.32. The van der Waals surface area contributed by atoms with Gasteiger partial charge in [0.1, 0.15) is 0 Å². The lowest BCUT2D eigenvalue weighted by atomic mass is 9.95. The van der Waals surface area contributed by atoms with Gasteiger partial charge in [0.05, 0.1) is 24.6 Å². The monoisotopic (exact) mass is 419 g/mol. The number of nitrogens with one attached hydrogen (secondary N) is 1. The Bertz CT molecular complexity index is 915. The molecule has 6 nitrogen and oxygen atoms in total. The molecule has 0 aliphatic carbocycles. The van der Waals surface area contributed by atoms with E-state index < -0.39 is 0 Å². The number of hydrogen-bond donors (Lipinski definition) is 1. The third-order valence-electron chi connectivity index (χ3n) is 5.91. The molecule has 2 fully saturated rings. The molecule has 2 aliphatic rings. The summed E-state index contributed by atoms with van der Waals surface area (Å²) < 4.78 is 5.44. The molecule has 0 atom stereocenters. The van der Waals surface area contributed by atoms with Crippen molar-refractivity contribution in [1.29, 1.82) is 0 Å². The van der Waals surface area contributed by atoms with E-state index >= 15 is 0 Å². The van der Waals surface area contributed by atoms with E-state index in [2.05, 4.69) is 10.2 Å². The molecular formula is C25H29N3O3. The smallest absolute Gasteiger partial charge is 0.246 e. The van der Waals surface area contributed by atoms with Gasteiger partial charge in [-0.1, -0.05) is 42.5 Å². The number of ether oxygens (including phenoxy) is 1. The van der Waals surface area contributed by atoms with Crippen molar-refractivity contribution in [3.05, 3.63) is 66.2 Å². The van der Waals surface area contributed by atoms with Gasteiger partial charge in [0, 0.05) is 38.2 Å². The molecule has 2 aliphatic heterocycles. The molecule has 0 saturated carbocycles. The van der Waals surface area contributed by atoms with Crippen LogP contribution in [0.25, 0.3) is 6.08 Å². The molecule has 2 heterocycles. The fourth-order valence-electron chi connectivity index (χ4n) is 4.09. The molecule has 2 aromatic rings. The van der Waals surface area contributed by atoms with Crippen LogP contribution in [0.3, 0.4) is 0 Å². The van der Waals surface area contributed by atoms with Gasteiger partial charge in [-0.3, -0.25) is 9.59 Å². The fraction of sp³-hybridized carbons (Fsp3) is 0.360. The van der Waals surface area contributed by atoms with Gasteiger partial charge in [-0.25, -0.2) is 0 Å². The maximum absolute atomic E-state index is 12.9. The minimum absolute atomic E-state index is 0.000347. The predicted octanol–water partition coefficient (Wildman–Crippen LogP) is 3.41. The summed E-state index contributed by atoms with van der Waals surface area (Å²) in [5.74, 6) is -0.0482. The van der Waals surface area contributed by atoms with E-state index in [0.717, 1.165) is 30.0 Å². The van der Waals surface area contributed by atoms with Crippen molar-refractivity contribution in [1.82, 2.24) is 4.90 Å². The molecule has 31 heavy (non-hydrogen) atoms. The lowest BCUT2D eigenvalue weighted by Crippen LogP contribution is -2.41. The first-order valence-corrected chi connectivity index (χ1v) is 11.0. The van der Waals surface area contributed by atoms with Gasteiger partial charge in [-0.2, -0.15) is 0 Å². The number of amides is 2. The van der Waals surface area contributed by atoms with E-state index in [9.17, 15) is 9.59 Å². The van der Waals surface area contributed by atoms with Crippen LogP contribution in [-0.4, -0.2) is 56.1 Å². The number of benzene rings is 2. The minimum Gasteiger partial charge on any atom is -0.378 e. The highest BCUT2D eigenvalue weighted by atomic mass is 16.5. The quantitative estimate of drug-likeness (QED) is 0.755.